The minimum Gasteiger partial charge on any atom is -0.461 e. The van der Waals surface area contributed by atoms with Crippen LogP contribution < -0.4 is 5.43 Å². The molecule has 1 aromatic rings. The monoisotopic (exact) mass is 271 g/mol. The van der Waals surface area contributed by atoms with Gasteiger partial charge in [-0.2, -0.15) is 5.10 Å². The topological polar surface area (TPSA) is 93.8 Å². The number of nitrogens with one attached hydrogen (secondary N) is 1. The first-order valence-electron chi connectivity index (χ1n) is 4.95. The third-order valence-corrected chi connectivity index (χ3v) is 2.02. The predicted octanol–water partition coefficient (Wildman–Crippen LogP) is 2.12. The Balaban J connectivity index is 2.73. The maximum Gasteiger partial charge on any atom is 0.370 e. The van der Waals surface area contributed by atoms with Gasteiger partial charge in [0, 0.05) is 12.1 Å². The maximum absolute atomic E-state index is 11.1. The molecule has 0 saturated carbocycles. The summed E-state index contributed by atoms with van der Waals surface area (Å²) in [7, 11) is 0. The first kappa shape index (κ1) is 13.9. The number of non-ortho nitro benzene ring substituents is 1. The molecule has 0 fully saturated rings. The number of nitro groups is 1. The van der Waals surface area contributed by atoms with Gasteiger partial charge in [-0.3, -0.25) is 15.5 Å². The van der Waals surface area contributed by atoms with Crippen molar-refractivity contribution >= 4 is 34.1 Å². The van der Waals surface area contributed by atoms with E-state index in [1.807, 2.05) is 0 Å². The largest absolute Gasteiger partial charge is 0.461 e. The van der Waals surface area contributed by atoms with Crippen LogP contribution in [0.3, 0.4) is 0 Å². The molecule has 0 atom stereocenters. The average molecular weight is 272 g/mol. The number of nitrogens with zero attached hydrogens (tertiary/aromatic N) is 2. The minimum atomic E-state index is -0.767. The Morgan fingerprint density at radius 2 is 2.33 bits per heavy atom. The third kappa shape index (κ3) is 4.02. The van der Waals surface area contributed by atoms with Crippen LogP contribution in [0.4, 0.5) is 11.4 Å². The highest BCUT2D eigenvalue weighted by Gasteiger charge is 2.09. The van der Waals surface area contributed by atoms with E-state index in [1.54, 1.807) is 13.0 Å². The summed E-state index contributed by atoms with van der Waals surface area (Å²) < 4.78 is 4.60. The highest BCUT2D eigenvalue weighted by atomic mass is 35.5. The number of carbonyl (C=O) groups is 1. The van der Waals surface area contributed by atoms with Gasteiger partial charge < -0.3 is 4.74 Å². The summed E-state index contributed by atoms with van der Waals surface area (Å²) in [5, 5.41) is 13.7. The number of rotatable bonds is 5. The Bertz CT molecular complexity index is 490. The SMILES string of the molecule is CCOC(=O)C(Cl)=NNc1cccc([N+](=O)[O-])c1. The number of ether oxygens (including phenoxy) is 1. The van der Waals surface area contributed by atoms with E-state index in [-0.39, 0.29) is 17.5 Å². The molecular weight excluding hydrogens is 262 g/mol. The van der Waals surface area contributed by atoms with Gasteiger partial charge in [0.2, 0.25) is 5.17 Å². The normalized spacial score (nSPS) is 10.9. The van der Waals surface area contributed by atoms with Crippen LogP contribution in [0, 0.1) is 10.1 Å². The summed E-state index contributed by atoms with van der Waals surface area (Å²) in [6.07, 6.45) is 0. The van der Waals surface area contributed by atoms with E-state index in [0.29, 0.717) is 5.69 Å². The number of nitro benzene ring substituents is 1. The summed E-state index contributed by atoms with van der Waals surface area (Å²) in [4.78, 5) is 21.1. The van der Waals surface area contributed by atoms with Crippen molar-refractivity contribution < 1.29 is 14.5 Å². The van der Waals surface area contributed by atoms with Gasteiger partial charge in [-0.15, -0.1) is 0 Å². The standard InChI is InChI=1S/C10H10ClN3O4/c1-2-18-10(15)9(11)13-12-7-4-3-5-8(6-7)14(16)17/h3-6,12H,2H2,1H3. The van der Waals surface area contributed by atoms with Gasteiger partial charge in [-0.1, -0.05) is 17.7 Å². The van der Waals surface area contributed by atoms with Crippen LogP contribution in [0.5, 0.6) is 0 Å². The van der Waals surface area contributed by atoms with Gasteiger partial charge in [0.05, 0.1) is 17.2 Å². The molecule has 0 heterocycles. The van der Waals surface area contributed by atoms with Crippen LogP contribution in [0.2, 0.25) is 0 Å². The van der Waals surface area contributed by atoms with Gasteiger partial charge in [0.25, 0.3) is 5.69 Å². The Labute approximate surface area is 108 Å². The second kappa shape index (κ2) is 6.55. The number of esters is 1. The van der Waals surface area contributed by atoms with Crippen LogP contribution in [-0.2, 0) is 9.53 Å². The lowest BCUT2D eigenvalue weighted by atomic mass is 10.3. The van der Waals surface area contributed by atoms with Gasteiger partial charge in [-0.05, 0) is 13.0 Å². The van der Waals surface area contributed by atoms with E-state index in [1.165, 1.54) is 18.2 Å². The second-order valence-corrected chi connectivity index (χ2v) is 3.40. The van der Waals surface area contributed by atoms with Crippen LogP contribution in [0.25, 0.3) is 0 Å². The molecular formula is C10H10ClN3O4. The van der Waals surface area contributed by atoms with E-state index in [2.05, 4.69) is 15.3 Å². The average Bonchev–Trinajstić information content (AvgIpc) is 2.36. The maximum atomic E-state index is 11.1. The smallest absolute Gasteiger partial charge is 0.370 e. The van der Waals surface area contributed by atoms with Crippen molar-refractivity contribution in [1.29, 1.82) is 0 Å². The van der Waals surface area contributed by atoms with E-state index in [0.717, 1.165) is 0 Å². The van der Waals surface area contributed by atoms with Gasteiger partial charge >= 0.3 is 5.97 Å². The summed E-state index contributed by atoms with van der Waals surface area (Å²) in [5.41, 5.74) is 2.67. The fraction of sp³-hybridized carbons (Fsp3) is 0.200. The second-order valence-electron chi connectivity index (χ2n) is 3.04. The number of benzene rings is 1. The number of hydrogen-bond acceptors (Lipinski definition) is 6. The molecule has 0 aliphatic heterocycles. The fourth-order valence-electron chi connectivity index (χ4n) is 1.04. The zero-order valence-electron chi connectivity index (χ0n) is 9.42. The van der Waals surface area contributed by atoms with Crippen molar-refractivity contribution in [2.45, 2.75) is 6.92 Å². The Morgan fingerprint density at radius 3 is 2.94 bits per heavy atom. The van der Waals surface area contributed by atoms with Crippen LogP contribution >= 0.6 is 11.6 Å². The molecule has 0 amide bonds. The van der Waals surface area contributed by atoms with Crippen LogP contribution in [0.15, 0.2) is 29.4 Å². The molecule has 0 radical (unpaired) electrons. The summed E-state index contributed by atoms with van der Waals surface area (Å²) >= 11 is 5.54. The van der Waals surface area contributed by atoms with Crippen molar-refractivity contribution in [2.75, 3.05) is 12.0 Å². The zero-order chi connectivity index (χ0) is 13.5. The molecule has 1 rings (SSSR count). The van der Waals surface area contributed by atoms with Gasteiger partial charge in [0.1, 0.15) is 0 Å². The lowest BCUT2D eigenvalue weighted by Gasteiger charge is -2.01. The highest BCUT2D eigenvalue weighted by Crippen LogP contribution is 2.16. The van der Waals surface area contributed by atoms with Crippen molar-refractivity contribution in [3.8, 4) is 0 Å². The number of carbonyl (C=O) groups excluding carboxylic acids is 1. The molecule has 7 nitrogen and oxygen atoms in total. The number of hydrazone groups is 1. The van der Waals surface area contributed by atoms with Gasteiger partial charge in [-0.25, -0.2) is 4.79 Å². The zero-order valence-corrected chi connectivity index (χ0v) is 10.2. The Hall–Kier alpha value is -2.15. The molecule has 0 aliphatic carbocycles. The summed E-state index contributed by atoms with van der Waals surface area (Å²) in [5.74, 6) is -0.767. The lowest BCUT2D eigenvalue weighted by Crippen LogP contribution is -2.13. The summed E-state index contributed by atoms with van der Waals surface area (Å²) in [6, 6.07) is 5.63. The predicted molar refractivity (Wildman–Crippen MR) is 66.6 cm³/mol. The lowest BCUT2D eigenvalue weighted by molar-refractivity contribution is -0.384. The fourth-order valence-corrected chi connectivity index (χ4v) is 1.14. The van der Waals surface area contributed by atoms with Crippen LogP contribution in [0.1, 0.15) is 6.92 Å². The minimum absolute atomic E-state index is 0.0949. The number of halogens is 1. The first-order chi connectivity index (χ1) is 8.54. The first-order valence-corrected chi connectivity index (χ1v) is 5.33. The molecule has 1 aromatic carbocycles. The van der Waals surface area contributed by atoms with Crippen LogP contribution in [-0.4, -0.2) is 22.7 Å². The molecule has 0 bridgehead atoms. The molecule has 0 spiro atoms. The van der Waals surface area contributed by atoms with Crippen molar-refractivity contribution in [3.63, 3.8) is 0 Å². The molecule has 8 heteroatoms. The Kier molecular flexibility index (Phi) is 5.06. The molecule has 18 heavy (non-hydrogen) atoms. The quantitative estimate of drug-likeness (QED) is 0.383. The van der Waals surface area contributed by atoms with E-state index >= 15 is 0 Å². The number of hydrogen-bond donors (Lipinski definition) is 1. The molecule has 1 N–H and O–H groups in total. The molecule has 96 valence electrons. The Morgan fingerprint density at radius 1 is 1.61 bits per heavy atom. The molecule has 0 aliphatic rings. The van der Waals surface area contributed by atoms with E-state index < -0.39 is 10.9 Å². The molecule has 0 saturated heterocycles. The molecule has 0 unspecified atom stereocenters. The van der Waals surface area contributed by atoms with Gasteiger partial charge in [0.15, 0.2) is 0 Å². The van der Waals surface area contributed by atoms with Crippen molar-refractivity contribution in [2.24, 2.45) is 5.10 Å². The van der Waals surface area contributed by atoms with E-state index in [4.69, 9.17) is 11.6 Å². The van der Waals surface area contributed by atoms with Crippen molar-refractivity contribution in [1.82, 2.24) is 0 Å². The third-order valence-electron chi connectivity index (χ3n) is 1.78. The highest BCUT2D eigenvalue weighted by molar-refractivity contribution is 6.82. The number of anilines is 1. The summed E-state index contributed by atoms with van der Waals surface area (Å²) in [6.45, 7) is 1.82. The molecule has 0 aromatic heterocycles. The van der Waals surface area contributed by atoms with Crippen molar-refractivity contribution in [3.05, 3.63) is 34.4 Å². The van der Waals surface area contributed by atoms with E-state index in [9.17, 15) is 14.9 Å².